The first-order valence-corrected chi connectivity index (χ1v) is 32.8. The number of pyridine rings is 2. The van der Waals surface area contributed by atoms with E-state index in [1.54, 1.807) is 6.20 Å². The predicted molar refractivity (Wildman–Crippen MR) is 397 cm³/mol. The number of hydrogen-bond donors (Lipinski definition) is 0. The Hall–Kier alpha value is -12.4. The third-order valence-corrected chi connectivity index (χ3v) is 19.6. The van der Waals surface area contributed by atoms with Gasteiger partial charge in [0.2, 0.25) is 0 Å². The van der Waals surface area contributed by atoms with Crippen molar-refractivity contribution in [2.45, 2.75) is 0 Å². The van der Waals surface area contributed by atoms with Crippen LogP contribution in [-0.2, 0) is 0 Å². The standard InChI is InChI=1S/C88H56N4O2S/c1-3-13-57(14-4-1)59-29-38-68(39-30-59)91(69-44-35-64(36-45-69)87-86-77-20-8-10-24-81(77)93-83(86)50-52-90-87)72-46-47-75-78-54-67(37-48-84(78)95-85(75)55-72)66-18-11-17-65(53-66)61-27-25-58(26-28-61)60-31-40-70(41-32-60)92(80-23-9-7-19-73(80)62-15-5-2-6-16-62)71-42-33-63(34-43-71)74-21-12-22-76-79-56-89-51-49-82(79)94-88(74)76/h1-56H. The fourth-order valence-corrected chi connectivity index (χ4v) is 14.9. The van der Waals surface area contributed by atoms with E-state index in [1.807, 2.05) is 48.0 Å². The summed E-state index contributed by atoms with van der Waals surface area (Å²) in [6, 6.07) is 116. The fraction of sp³-hybridized carbons (Fsp3) is 0. The monoisotopic (exact) mass is 1230 g/mol. The molecule has 18 rings (SSSR count). The third-order valence-electron chi connectivity index (χ3n) is 18.5. The highest BCUT2D eigenvalue weighted by atomic mass is 32.1. The molecule has 0 N–H and O–H groups in total. The molecular formula is C88H56N4O2S. The van der Waals surface area contributed by atoms with E-state index in [4.69, 9.17) is 13.8 Å². The molecule has 5 heterocycles. The van der Waals surface area contributed by atoms with E-state index >= 15 is 0 Å². The van der Waals surface area contributed by atoms with Gasteiger partial charge in [0.05, 0.1) is 16.8 Å². The van der Waals surface area contributed by atoms with Crippen molar-refractivity contribution >= 4 is 110 Å². The van der Waals surface area contributed by atoms with Crippen LogP contribution in [0.2, 0.25) is 0 Å². The lowest BCUT2D eigenvalue weighted by atomic mass is 9.96. The Kier molecular flexibility index (Phi) is 13.6. The number of nitrogens with zero attached hydrogens (tertiary/aromatic N) is 4. The Morgan fingerprint density at radius 1 is 0.274 bits per heavy atom. The topological polar surface area (TPSA) is 58.5 Å². The molecule has 0 saturated carbocycles. The van der Waals surface area contributed by atoms with Gasteiger partial charge in [0.15, 0.2) is 0 Å². The van der Waals surface area contributed by atoms with Crippen molar-refractivity contribution in [3.05, 3.63) is 340 Å². The van der Waals surface area contributed by atoms with Crippen molar-refractivity contribution in [1.29, 1.82) is 0 Å². The van der Waals surface area contributed by atoms with Crippen LogP contribution in [0.1, 0.15) is 0 Å². The lowest BCUT2D eigenvalue weighted by Gasteiger charge is -2.28. The minimum atomic E-state index is 0.832. The maximum Gasteiger partial charge on any atom is 0.143 e. The molecule has 0 spiro atoms. The van der Waals surface area contributed by atoms with Crippen molar-refractivity contribution in [3.63, 3.8) is 0 Å². The van der Waals surface area contributed by atoms with Crippen molar-refractivity contribution in [3.8, 4) is 78.0 Å². The predicted octanol–water partition coefficient (Wildman–Crippen LogP) is 25.3. The summed E-state index contributed by atoms with van der Waals surface area (Å²) in [5.41, 5.74) is 25.5. The maximum absolute atomic E-state index is 6.44. The average molecular weight is 1230 g/mol. The molecule has 0 aliphatic heterocycles. The molecule has 0 aliphatic carbocycles. The first kappa shape index (κ1) is 55.4. The van der Waals surface area contributed by atoms with E-state index in [9.17, 15) is 0 Å². The van der Waals surface area contributed by atoms with Crippen LogP contribution in [0.25, 0.3) is 142 Å². The van der Waals surface area contributed by atoms with Gasteiger partial charge in [-0.2, -0.15) is 0 Å². The van der Waals surface area contributed by atoms with E-state index < -0.39 is 0 Å². The van der Waals surface area contributed by atoms with Gasteiger partial charge in [0.1, 0.15) is 22.3 Å². The highest BCUT2D eigenvalue weighted by Crippen LogP contribution is 2.46. The number of hydrogen-bond acceptors (Lipinski definition) is 7. The van der Waals surface area contributed by atoms with Gasteiger partial charge in [-0.25, -0.2) is 0 Å². The van der Waals surface area contributed by atoms with Gasteiger partial charge < -0.3 is 18.6 Å². The zero-order valence-electron chi connectivity index (χ0n) is 51.3. The van der Waals surface area contributed by atoms with Crippen molar-refractivity contribution < 1.29 is 8.83 Å². The average Bonchev–Trinajstić information content (AvgIpc) is 1.74. The fourth-order valence-electron chi connectivity index (χ4n) is 13.8. The van der Waals surface area contributed by atoms with Crippen LogP contribution in [0.4, 0.5) is 34.1 Å². The summed E-state index contributed by atoms with van der Waals surface area (Å²) in [5, 5.41) is 6.65. The number of furan rings is 2. The Bertz CT molecular complexity index is 5880. The molecule has 18 aromatic rings. The van der Waals surface area contributed by atoms with Crippen LogP contribution in [0.5, 0.6) is 0 Å². The Balaban J connectivity index is 0.629. The second-order valence-electron chi connectivity index (χ2n) is 24.0. The molecule has 446 valence electrons. The number of aromatic nitrogens is 2. The van der Waals surface area contributed by atoms with Crippen LogP contribution < -0.4 is 9.80 Å². The van der Waals surface area contributed by atoms with E-state index in [0.29, 0.717) is 0 Å². The summed E-state index contributed by atoms with van der Waals surface area (Å²) in [4.78, 5) is 14.0. The smallest absolute Gasteiger partial charge is 0.143 e. The Morgan fingerprint density at radius 2 is 0.768 bits per heavy atom. The minimum absolute atomic E-state index is 0.832. The Labute approximate surface area is 552 Å². The zero-order chi connectivity index (χ0) is 62.8. The Morgan fingerprint density at radius 3 is 1.49 bits per heavy atom. The van der Waals surface area contributed by atoms with Gasteiger partial charge in [-0.15, -0.1) is 11.3 Å². The first-order valence-electron chi connectivity index (χ1n) is 32.0. The highest BCUT2D eigenvalue weighted by Gasteiger charge is 2.22. The summed E-state index contributed by atoms with van der Waals surface area (Å²) < 4.78 is 15.2. The number of fused-ring (bicyclic) bond motifs is 9. The van der Waals surface area contributed by atoms with E-state index in [1.165, 1.54) is 48.0 Å². The quantitative estimate of drug-likeness (QED) is 0.115. The minimum Gasteiger partial charge on any atom is -0.456 e. The maximum atomic E-state index is 6.44. The number of thiophene rings is 1. The van der Waals surface area contributed by atoms with E-state index in [-0.39, 0.29) is 0 Å². The SMILES string of the molecule is c1ccc(-c2ccc(N(c3ccc(-c4nccc5oc6ccccc6c45)cc3)c3ccc4c(c3)sc3ccc(-c5cccc(-c6ccc(-c7ccc(N(c8ccc(-c9cccc%10c9oc9ccncc9%10)cc8)c8ccccc8-c8ccccc8)cc7)cc6)c5)cc34)cc2)cc1. The van der Waals surface area contributed by atoms with E-state index in [0.717, 1.165) is 128 Å². The van der Waals surface area contributed by atoms with Gasteiger partial charge in [-0.05, 0) is 159 Å². The molecule has 0 amide bonds. The molecule has 0 fully saturated rings. The molecule has 0 radical (unpaired) electrons. The molecule has 0 bridgehead atoms. The first-order chi connectivity index (χ1) is 47.1. The molecule has 0 saturated heterocycles. The second kappa shape index (κ2) is 23.4. The van der Waals surface area contributed by atoms with Crippen LogP contribution in [0, 0.1) is 0 Å². The molecular weight excluding hydrogens is 1180 g/mol. The molecule has 0 unspecified atom stereocenters. The number of rotatable bonds is 13. The molecule has 7 heteroatoms. The summed E-state index contributed by atoms with van der Waals surface area (Å²) >= 11 is 1.84. The molecule has 0 atom stereocenters. The van der Waals surface area contributed by atoms with Gasteiger partial charge in [0, 0.05) is 100 Å². The summed E-state index contributed by atoms with van der Waals surface area (Å²) in [6.07, 6.45) is 5.50. The highest BCUT2D eigenvalue weighted by molar-refractivity contribution is 7.25. The lowest BCUT2D eigenvalue weighted by molar-refractivity contribution is 0.668. The third kappa shape index (κ3) is 10.1. The van der Waals surface area contributed by atoms with Gasteiger partial charge in [0.25, 0.3) is 0 Å². The van der Waals surface area contributed by atoms with Gasteiger partial charge >= 0.3 is 0 Å². The summed E-state index contributed by atoms with van der Waals surface area (Å²) in [7, 11) is 0. The number of anilines is 6. The normalized spacial score (nSPS) is 11.6. The van der Waals surface area contributed by atoms with E-state index in [2.05, 4.69) is 312 Å². The molecule has 13 aromatic carbocycles. The molecule has 5 aromatic heterocycles. The molecule has 0 aliphatic rings. The van der Waals surface area contributed by atoms with Crippen LogP contribution in [0.3, 0.4) is 0 Å². The van der Waals surface area contributed by atoms with Crippen molar-refractivity contribution in [2.75, 3.05) is 9.80 Å². The van der Waals surface area contributed by atoms with Crippen molar-refractivity contribution in [1.82, 2.24) is 9.97 Å². The van der Waals surface area contributed by atoms with Gasteiger partial charge in [-0.1, -0.05) is 218 Å². The number of para-hydroxylation sites is 3. The molecule has 6 nitrogen and oxygen atoms in total. The van der Waals surface area contributed by atoms with Crippen LogP contribution in [0.15, 0.2) is 349 Å². The van der Waals surface area contributed by atoms with Gasteiger partial charge in [-0.3, -0.25) is 9.97 Å². The number of benzene rings is 13. The molecule has 95 heavy (non-hydrogen) atoms. The van der Waals surface area contributed by atoms with Crippen molar-refractivity contribution in [2.24, 2.45) is 0 Å². The van der Waals surface area contributed by atoms with Crippen LogP contribution in [-0.4, -0.2) is 9.97 Å². The second-order valence-corrected chi connectivity index (χ2v) is 25.1. The summed E-state index contributed by atoms with van der Waals surface area (Å²) in [6.45, 7) is 0. The zero-order valence-corrected chi connectivity index (χ0v) is 52.2. The largest absolute Gasteiger partial charge is 0.456 e. The summed E-state index contributed by atoms with van der Waals surface area (Å²) in [5.74, 6) is 0. The van der Waals surface area contributed by atoms with Crippen LogP contribution >= 0.6 is 11.3 Å². The lowest BCUT2D eigenvalue weighted by Crippen LogP contribution is -2.11.